The molecule has 1 heteroatoms. The van der Waals surface area contributed by atoms with E-state index in [1.165, 1.54) is 44.5 Å². The van der Waals surface area contributed by atoms with E-state index in [0.29, 0.717) is 0 Å². The Hall–Kier alpha value is -2.54. The number of nitrogens with two attached hydrogens (primary N) is 1. The van der Waals surface area contributed by atoms with Gasteiger partial charge in [0.2, 0.25) is 0 Å². The summed E-state index contributed by atoms with van der Waals surface area (Å²) >= 11 is 0. The number of anilines is 1. The molecule has 4 rings (SSSR count). The van der Waals surface area contributed by atoms with E-state index >= 15 is 0 Å². The monoisotopic (exact) mass is 285 g/mol. The van der Waals surface area contributed by atoms with Crippen molar-refractivity contribution in [2.75, 3.05) is 5.73 Å². The fraction of sp³-hybridized carbons (Fsp3) is 0.143. The average Bonchev–Trinajstić information content (AvgIpc) is 2.93. The van der Waals surface area contributed by atoms with Crippen LogP contribution in [0.1, 0.15) is 22.3 Å². The van der Waals surface area contributed by atoms with Gasteiger partial charge in [0.05, 0.1) is 0 Å². The molecule has 0 heterocycles. The van der Waals surface area contributed by atoms with Crippen molar-refractivity contribution in [1.29, 1.82) is 0 Å². The molecule has 22 heavy (non-hydrogen) atoms. The Morgan fingerprint density at radius 3 is 2.23 bits per heavy atom. The van der Waals surface area contributed by atoms with Gasteiger partial charge in [0, 0.05) is 11.3 Å². The standard InChI is InChI=1S/C21H19N/c1-13-14(2)21(22)20(15-8-4-3-5-9-15)18-12-16-10-6-7-11-17(16)19(13)18/h3-11H,12,22H2,1-2H3. The van der Waals surface area contributed by atoms with E-state index in [-0.39, 0.29) is 0 Å². The molecule has 2 N–H and O–H groups in total. The summed E-state index contributed by atoms with van der Waals surface area (Å²) in [6.45, 7) is 4.33. The molecule has 0 bridgehead atoms. The van der Waals surface area contributed by atoms with E-state index in [1.807, 2.05) is 0 Å². The van der Waals surface area contributed by atoms with Crippen molar-refractivity contribution in [2.24, 2.45) is 0 Å². The summed E-state index contributed by atoms with van der Waals surface area (Å²) in [5.41, 5.74) is 18.0. The van der Waals surface area contributed by atoms with Crippen LogP contribution in [-0.2, 0) is 6.42 Å². The SMILES string of the molecule is Cc1c(C)c2c(c(-c3ccccc3)c1N)Cc1ccccc1-2. The van der Waals surface area contributed by atoms with Gasteiger partial charge in [-0.3, -0.25) is 0 Å². The first-order valence-electron chi connectivity index (χ1n) is 7.73. The highest BCUT2D eigenvalue weighted by Crippen LogP contribution is 2.47. The molecule has 1 aliphatic rings. The van der Waals surface area contributed by atoms with Crippen molar-refractivity contribution in [2.45, 2.75) is 20.3 Å². The Morgan fingerprint density at radius 2 is 1.45 bits per heavy atom. The predicted octanol–water partition coefficient (Wildman–Crippen LogP) is 5.12. The van der Waals surface area contributed by atoms with Gasteiger partial charge in [0.25, 0.3) is 0 Å². The van der Waals surface area contributed by atoms with Crippen molar-refractivity contribution in [3.63, 3.8) is 0 Å². The van der Waals surface area contributed by atoms with Gasteiger partial charge < -0.3 is 5.73 Å². The third-order valence-electron chi connectivity index (χ3n) is 4.93. The minimum Gasteiger partial charge on any atom is -0.398 e. The highest BCUT2D eigenvalue weighted by Gasteiger charge is 2.26. The number of fused-ring (bicyclic) bond motifs is 3. The zero-order valence-electron chi connectivity index (χ0n) is 13.0. The van der Waals surface area contributed by atoms with Gasteiger partial charge in [-0.25, -0.2) is 0 Å². The molecule has 0 fully saturated rings. The molecule has 0 unspecified atom stereocenters. The lowest BCUT2D eigenvalue weighted by Gasteiger charge is -2.18. The smallest absolute Gasteiger partial charge is 0.0429 e. The molecule has 0 saturated heterocycles. The Morgan fingerprint density at radius 1 is 0.773 bits per heavy atom. The second-order valence-electron chi connectivity index (χ2n) is 6.09. The van der Waals surface area contributed by atoms with Crippen LogP contribution in [0.2, 0.25) is 0 Å². The van der Waals surface area contributed by atoms with Crippen LogP contribution in [0.15, 0.2) is 54.6 Å². The zero-order chi connectivity index (χ0) is 15.3. The third kappa shape index (κ3) is 1.72. The van der Waals surface area contributed by atoms with E-state index in [4.69, 9.17) is 5.73 Å². The van der Waals surface area contributed by atoms with Crippen molar-refractivity contribution in [1.82, 2.24) is 0 Å². The second kappa shape index (κ2) is 4.74. The van der Waals surface area contributed by atoms with Crippen molar-refractivity contribution >= 4 is 5.69 Å². The first-order valence-corrected chi connectivity index (χ1v) is 7.73. The maximum Gasteiger partial charge on any atom is 0.0429 e. The molecule has 0 atom stereocenters. The lowest BCUT2D eigenvalue weighted by Crippen LogP contribution is -2.01. The minimum atomic E-state index is 0.926. The van der Waals surface area contributed by atoms with E-state index in [9.17, 15) is 0 Å². The van der Waals surface area contributed by atoms with Crippen molar-refractivity contribution in [3.05, 3.63) is 76.9 Å². The fourth-order valence-electron chi connectivity index (χ4n) is 3.68. The maximum atomic E-state index is 6.52. The second-order valence-corrected chi connectivity index (χ2v) is 6.09. The molecule has 1 aliphatic carbocycles. The molecule has 3 aromatic carbocycles. The van der Waals surface area contributed by atoms with Gasteiger partial charge >= 0.3 is 0 Å². The third-order valence-corrected chi connectivity index (χ3v) is 4.93. The van der Waals surface area contributed by atoms with Crippen LogP contribution < -0.4 is 5.73 Å². The van der Waals surface area contributed by atoms with Gasteiger partial charge in [0.1, 0.15) is 0 Å². The van der Waals surface area contributed by atoms with Crippen LogP contribution in [0.25, 0.3) is 22.3 Å². The molecular formula is C21H19N. The summed E-state index contributed by atoms with van der Waals surface area (Å²) in [6, 6.07) is 19.2. The quantitative estimate of drug-likeness (QED) is 0.482. The lowest BCUT2D eigenvalue weighted by atomic mass is 9.88. The summed E-state index contributed by atoms with van der Waals surface area (Å²) in [7, 11) is 0. The Bertz CT molecular complexity index is 876. The summed E-state index contributed by atoms with van der Waals surface area (Å²) in [5.74, 6) is 0. The molecule has 0 amide bonds. The van der Waals surface area contributed by atoms with Gasteiger partial charge in [-0.15, -0.1) is 0 Å². The van der Waals surface area contributed by atoms with Crippen LogP contribution in [0.4, 0.5) is 5.69 Å². The maximum absolute atomic E-state index is 6.52. The number of rotatable bonds is 1. The van der Waals surface area contributed by atoms with E-state index in [2.05, 4.69) is 68.4 Å². The molecule has 0 aromatic heterocycles. The van der Waals surface area contributed by atoms with Gasteiger partial charge in [-0.05, 0) is 59.2 Å². The number of benzene rings is 3. The van der Waals surface area contributed by atoms with E-state index in [0.717, 1.165) is 12.1 Å². The van der Waals surface area contributed by atoms with Crippen LogP contribution in [0.5, 0.6) is 0 Å². The normalized spacial score (nSPS) is 12.1. The summed E-state index contributed by atoms with van der Waals surface area (Å²) in [5, 5.41) is 0. The van der Waals surface area contributed by atoms with Crippen molar-refractivity contribution in [3.8, 4) is 22.3 Å². The Labute approximate surface area is 131 Å². The average molecular weight is 285 g/mol. The zero-order valence-corrected chi connectivity index (χ0v) is 13.0. The van der Waals surface area contributed by atoms with Gasteiger partial charge in [-0.1, -0.05) is 54.6 Å². The van der Waals surface area contributed by atoms with Crippen LogP contribution >= 0.6 is 0 Å². The molecule has 0 radical (unpaired) electrons. The summed E-state index contributed by atoms with van der Waals surface area (Å²) < 4.78 is 0. The fourth-order valence-corrected chi connectivity index (χ4v) is 3.68. The topological polar surface area (TPSA) is 26.0 Å². The van der Waals surface area contributed by atoms with Gasteiger partial charge in [-0.2, -0.15) is 0 Å². The van der Waals surface area contributed by atoms with Crippen LogP contribution in [0, 0.1) is 13.8 Å². The highest BCUT2D eigenvalue weighted by atomic mass is 14.6. The number of hydrogen-bond donors (Lipinski definition) is 1. The molecule has 0 aliphatic heterocycles. The molecule has 1 nitrogen and oxygen atoms in total. The van der Waals surface area contributed by atoms with E-state index in [1.54, 1.807) is 0 Å². The molecule has 0 saturated carbocycles. The summed E-state index contributed by atoms with van der Waals surface area (Å²) in [4.78, 5) is 0. The first-order chi connectivity index (χ1) is 10.7. The minimum absolute atomic E-state index is 0.926. The molecule has 3 aromatic rings. The molecule has 108 valence electrons. The highest BCUT2D eigenvalue weighted by molar-refractivity contribution is 5.94. The number of nitrogen functional groups attached to an aromatic ring is 1. The molecule has 0 spiro atoms. The van der Waals surface area contributed by atoms with Gasteiger partial charge in [0.15, 0.2) is 0 Å². The largest absolute Gasteiger partial charge is 0.398 e. The Balaban J connectivity index is 2.10. The number of hydrogen-bond acceptors (Lipinski definition) is 1. The van der Waals surface area contributed by atoms with Crippen LogP contribution in [-0.4, -0.2) is 0 Å². The van der Waals surface area contributed by atoms with E-state index < -0.39 is 0 Å². The lowest BCUT2D eigenvalue weighted by molar-refractivity contribution is 1.24. The molecular weight excluding hydrogens is 266 g/mol. The van der Waals surface area contributed by atoms with Crippen molar-refractivity contribution < 1.29 is 0 Å². The van der Waals surface area contributed by atoms with Crippen LogP contribution in [0.3, 0.4) is 0 Å². The first kappa shape index (κ1) is 13.1. The predicted molar refractivity (Wildman–Crippen MR) is 94.0 cm³/mol. The summed E-state index contributed by atoms with van der Waals surface area (Å²) in [6.07, 6.45) is 0.973. The Kier molecular flexibility index (Phi) is 2.83.